The van der Waals surface area contributed by atoms with Gasteiger partial charge in [-0.2, -0.15) is 0 Å². The molecular formula is C15H22N2O2. The van der Waals surface area contributed by atoms with Crippen LogP contribution in [-0.4, -0.2) is 25.6 Å². The quantitative estimate of drug-likeness (QED) is 0.790. The van der Waals surface area contributed by atoms with Gasteiger partial charge < -0.3 is 15.4 Å². The van der Waals surface area contributed by atoms with Crippen molar-refractivity contribution in [3.63, 3.8) is 0 Å². The minimum absolute atomic E-state index is 0.0272. The molecule has 0 bridgehead atoms. The Morgan fingerprint density at radius 3 is 2.63 bits per heavy atom. The molecule has 0 aliphatic heterocycles. The Kier molecular flexibility index (Phi) is 4.80. The van der Waals surface area contributed by atoms with E-state index in [1.807, 2.05) is 31.2 Å². The summed E-state index contributed by atoms with van der Waals surface area (Å²) in [6.07, 6.45) is 3.05. The van der Waals surface area contributed by atoms with Gasteiger partial charge in [0, 0.05) is 19.0 Å². The summed E-state index contributed by atoms with van der Waals surface area (Å²) < 4.78 is 5.12. The standard InChI is InChI=1S/C15H22N2O2/c1-11(12-3-7-14(19-2)8-4-12)17-15(18)9-10-16-13-5-6-13/h3-4,7-8,11,13,16H,5-6,9-10H2,1-2H3,(H,17,18)/t11-/m0/s1. The second-order valence-electron chi connectivity index (χ2n) is 5.04. The predicted octanol–water partition coefficient (Wildman–Crippen LogP) is 2.01. The molecule has 1 aliphatic carbocycles. The van der Waals surface area contributed by atoms with E-state index in [1.54, 1.807) is 7.11 Å². The van der Waals surface area contributed by atoms with E-state index in [0.29, 0.717) is 12.5 Å². The van der Waals surface area contributed by atoms with E-state index in [4.69, 9.17) is 4.74 Å². The van der Waals surface area contributed by atoms with Crippen molar-refractivity contribution in [2.45, 2.75) is 38.3 Å². The van der Waals surface area contributed by atoms with Crippen molar-refractivity contribution in [3.8, 4) is 5.75 Å². The Morgan fingerprint density at radius 1 is 1.37 bits per heavy atom. The summed E-state index contributed by atoms with van der Waals surface area (Å²) in [5.74, 6) is 0.923. The molecule has 0 saturated heterocycles. The predicted molar refractivity (Wildman–Crippen MR) is 75.2 cm³/mol. The van der Waals surface area contributed by atoms with Crippen LogP contribution in [0.15, 0.2) is 24.3 Å². The molecule has 1 aromatic rings. The summed E-state index contributed by atoms with van der Waals surface area (Å²) in [7, 11) is 1.65. The van der Waals surface area contributed by atoms with Gasteiger partial charge in [0.15, 0.2) is 0 Å². The minimum atomic E-state index is 0.0272. The Labute approximate surface area is 114 Å². The summed E-state index contributed by atoms with van der Waals surface area (Å²) in [4.78, 5) is 11.8. The summed E-state index contributed by atoms with van der Waals surface area (Å²) in [6, 6.07) is 8.46. The molecule has 1 aliphatic rings. The third-order valence-corrected chi connectivity index (χ3v) is 3.36. The monoisotopic (exact) mass is 262 g/mol. The molecule has 1 aromatic carbocycles. The molecule has 0 spiro atoms. The van der Waals surface area contributed by atoms with Gasteiger partial charge in [-0.15, -0.1) is 0 Å². The Balaban J connectivity index is 1.74. The molecule has 19 heavy (non-hydrogen) atoms. The number of hydrogen-bond donors (Lipinski definition) is 2. The number of nitrogens with one attached hydrogen (secondary N) is 2. The Morgan fingerprint density at radius 2 is 2.05 bits per heavy atom. The zero-order valence-corrected chi connectivity index (χ0v) is 11.6. The number of ether oxygens (including phenoxy) is 1. The molecule has 1 saturated carbocycles. The van der Waals surface area contributed by atoms with Crippen molar-refractivity contribution in [1.29, 1.82) is 0 Å². The van der Waals surface area contributed by atoms with Crippen LogP contribution in [0.25, 0.3) is 0 Å². The second kappa shape index (κ2) is 6.57. The first kappa shape index (κ1) is 13.9. The SMILES string of the molecule is COc1ccc([C@H](C)NC(=O)CCNC2CC2)cc1. The highest BCUT2D eigenvalue weighted by Crippen LogP contribution is 2.19. The fourth-order valence-corrected chi connectivity index (χ4v) is 1.97. The van der Waals surface area contributed by atoms with Crippen LogP contribution in [-0.2, 0) is 4.79 Å². The lowest BCUT2D eigenvalue weighted by atomic mass is 10.1. The average Bonchev–Trinajstić information content (AvgIpc) is 3.23. The van der Waals surface area contributed by atoms with Crippen LogP contribution >= 0.6 is 0 Å². The summed E-state index contributed by atoms with van der Waals surface area (Å²) >= 11 is 0. The van der Waals surface area contributed by atoms with E-state index >= 15 is 0 Å². The van der Waals surface area contributed by atoms with E-state index in [2.05, 4.69) is 10.6 Å². The topological polar surface area (TPSA) is 50.4 Å². The van der Waals surface area contributed by atoms with E-state index in [0.717, 1.165) is 17.9 Å². The first-order valence-electron chi connectivity index (χ1n) is 6.85. The van der Waals surface area contributed by atoms with Crippen LogP contribution in [0.4, 0.5) is 0 Å². The zero-order chi connectivity index (χ0) is 13.7. The first-order valence-corrected chi connectivity index (χ1v) is 6.85. The van der Waals surface area contributed by atoms with Crippen molar-refractivity contribution < 1.29 is 9.53 Å². The number of carbonyl (C=O) groups excluding carboxylic acids is 1. The number of hydrogen-bond acceptors (Lipinski definition) is 3. The maximum Gasteiger partial charge on any atom is 0.221 e. The highest BCUT2D eigenvalue weighted by molar-refractivity contribution is 5.76. The van der Waals surface area contributed by atoms with Gasteiger partial charge in [0.1, 0.15) is 5.75 Å². The highest BCUT2D eigenvalue weighted by Gasteiger charge is 2.20. The molecular weight excluding hydrogens is 240 g/mol. The van der Waals surface area contributed by atoms with E-state index in [9.17, 15) is 4.79 Å². The van der Waals surface area contributed by atoms with Crippen molar-refractivity contribution in [2.24, 2.45) is 0 Å². The fraction of sp³-hybridized carbons (Fsp3) is 0.533. The van der Waals surface area contributed by atoms with Crippen molar-refractivity contribution in [2.75, 3.05) is 13.7 Å². The summed E-state index contributed by atoms with van der Waals surface area (Å²) in [5, 5.41) is 6.35. The first-order chi connectivity index (χ1) is 9.19. The van der Waals surface area contributed by atoms with E-state index in [-0.39, 0.29) is 11.9 Å². The molecule has 4 heteroatoms. The minimum Gasteiger partial charge on any atom is -0.497 e. The van der Waals surface area contributed by atoms with E-state index in [1.165, 1.54) is 12.8 Å². The van der Waals surface area contributed by atoms with Crippen LogP contribution < -0.4 is 15.4 Å². The molecule has 2 rings (SSSR count). The van der Waals surface area contributed by atoms with Gasteiger partial charge in [-0.1, -0.05) is 12.1 Å². The van der Waals surface area contributed by atoms with Crippen LogP contribution in [0.3, 0.4) is 0 Å². The maximum atomic E-state index is 11.8. The largest absolute Gasteiger partial charge is 0.497 e. The number of benzene rings is 1. The number of carbonyl (C=O) groups is 1. The molecule has 4 nitrogen and oxygen atoms in total. The lowest BCUT2D eigenvalue weighted by Crippen LogP contribution is -2.30. The summed E-state index contributed by atoms with van der Waals surface area (Å²) in [5.41, 5.74) is 1.09. The van der Waals surface area contributed by atoms with Crippen LogP contribution in [0.1, 0.15) is 37.8 Å². The lowest BCUT2D eigenvalue weighted by molar-refractivity contribution is -0.121. The number of rotatable bonds is 7. The van der Waals surface area contributed by atoms with Gasteiger partial charge in [0.25, 0.3) is 0 Å². The number of methoxy groups -OCH3 is 1. The maximum absolute atomic E-state index is 11.8. The fourth-order valence-electron chi connectivity index (χ4n) is 1.97. The summed E-state index contributed by atoms with van der Waals surface area (Å²) in [6.45, 7) is 2.76. The Bertz CT molecular complexity index is 413. The molecule has 2 N–H and O–H groups in total. The van der Waals surface area contributed by atoms with Gasteiger partial charge in [-0.25, -0.2) is 0 Å². The average molecular weight is 262 g/mol. The third-order valence-electron chi connectivity index (χ3n) is 3.36. The normalized spacial score (nSPS) is 15.9. The van der Waals surface area contributed by atoms with Gasteiger partial charge in [-0.05, 0) is 37.5 Å². The van der Waals surface area contributed by atoms with Crippen LogP contribution in [0, 0.1) is 0 Å². The molecule has 1 amide bonds. The van der Waals surface area contributed by atoms with Crippen molar-refractivity contribution in [3.05, 3.63) is 29.8 Å². The molecule has 1 atom stereocenters. The molecule has 104 valence electrons. The molecule has 0 radical (unpaired) electrons. The highest BCUT2D eigenvalue weighted by atomic mass is 16.5. The van der Waals surface area contributed by atoms with Crippen molar-refractivity contribution in [1.82, 2.24) is 10.6 Å². The molecule has 0 unspecified atom stereocenters. The smallest absolute Gasteiger partial charge is 0.221 e. The van der Waals surface area contributed by atoms with Gasteiger partial charge in [0.2, 0.25) is 5.91 Å². The number of amides is 1. The lowest BCUT2D eigenvalue weighted by Gasteiger charge is -2.15. The third kappa shape index (κ3) is 4.56. The zero-order valence-electron chi connectivity index (χ0n) is 11.6. The van der Waals surface area contributed by atoms with Gasteiger partial charge in [0.05, 0.1) is 13.2 Å². The Hall–Kier alpha value is -1.55. The van der Waals surface area contributed by atoms with Crippen LogP contribution in [0.5, 0.6) is 5.75 Å². The van der Waals surface area contributed by atoms with E-state index < -0.39 is 0 Å². The molecule has 0 aromatic heterocycles. The second-order valence-corrected chi connectivity index (χ2v) is 5.04. The van der Waals surface area contributed by atoms with Crippen LogP contribution in [0.2, 0.25) is 0 Å². The van der Waals surface area contributed by atoms with Crippen molar-refractivity contribution >= 4 is 5.91 Å². The molecule has 1 fully saturated rings. The van der Waals surface area contributed by atoms with Gasteiger partial charge >= 0.3 is 0 Å². The molecule has 0 heterocycles. The van der Waals surface area contributed by atoms with Gasteiger partial charge in [-0.3, -0.25) is 4.79 Å².